The number of aryl methyl sites for hydroxylation is 1. The van der Waals surface area contributed by atoms with Gasteiger partial charge in [0.05, 0.1) is 0 Å². The molecule has 27 heavy (non-hydrogen) atoms. The van der Waals surface area contributed by atoms with Gasteiger partial charge < -0.3 is 20.2 Å². The van der Waals surface area contributed by atoms with Gasteiger partial charge in [0, 0.05) is 11.8 Å². The molecule has 0 saturated heterocycles. The molecule has 0 saturated carbocycles. The van der Waals surface area contributed by atoms with Gasteiger partial charge in [-0.25, -0.2) is 0 Å². The van der Waals surface area contributed by atoms with Gasteiger partial charge in [0.1, 0.15) is 6.54 Å². The molecule has 0 radical (unpaired) electrons. The minimum absolute atomic E-state index is 0.0382. The molecule has 0 aliphatic carbocycles. The quantitative estimate of drug-likeness (QED) is 0.638. The third-order valence-corrected chi connectivity index (χ3v) is 4.13. The van der Waals surface area contributed by atoms with E-state index in [1.807, 2.05) is 19.1 Å². The number of pyridine rings is 1. The summed E-state index contributed by atoms with van der Waals surface area (Å²) in [4.78, 5) is 40.1. The van der Waals surface area contributed by atoms with Gasteiger partial charge in [-0.1, -0.05) is 19.1 Å². The Morgan fingerprint density at radius 2 is 2.00 bits per heavy atom. The maximum Gasteiger partial charge on any atom is 0.366 e. The number of nitro groups is 1. The third kappa shape index (κ3) is 3.86. The Kier molecular flexibility index (Phi) is 5.02. The molecule has 1 aromatic carbocycles. The lowest BCUT2D eigenvalue weighted by atomic mass is 10.1. The predicted octanol–water partition coefficient (Wildman–Crippen LogP) is 2.30. The van der Waals surface area contributed by atoms with Gasteiger partial charge in [0.15, 0.2) is 11.9 Å². The molecule has 1 N–H and O–H groups in total. The first-order valence-electron chi connectivity index (χ1n) is 8.41. The molecule has 140 valence electrons. The number of carbonyl (C=O) groups excluding carboxylic acids is 2. The second kappa shape index (κ2) is 7.40. The largest absolute Gasteiger partial charge is 0.475 e. The lowest BCUT2D eigenvalue weighted by Gasteiger charge is -2.28. The third-order valence-electron chi connectivity index (χ3n) is 4.13. The molecule has 1 aliphatic heterocycles. The number of ether oxygens (including phenoxy) is 1. The fourth-order valence-corrected chi connectivity index (χ4v) is 2.70. The van der Waals surface area contributed by atoms with Gasteiger partial charge in [-0.05, 0) is 47.0 Å². The van der Waals surface area contributed by atoms with E-state index >= 15 is 0 Å². The van der Waals surface area contributed by atoms with Crippen LogP contribution in [0.3, 0.4) is 0 Å². The zero-order valence-corrected chi connectivity index (χ0v) is 14.8. The summed E-state index contributed by atoms with van der Waals surface area (Å²) < 4.78 is 5.43. The zero-order chi connectivity index (χ0) is 19.6. The van der Waals surface area contributed by atoms with E-state index < -0.39 is 28.7 Å². The number of hydrogen-bond acceptors (Lipinski definition) is 6. The topological polar surface area (TPSA) is 115 Å². The minimum atomic E-state index is -0.822. The van der Waals surface area contributed by atoms with Crippen LogP contribution in [0.2, 0.25) is 0 Å². The minimum Gasteiger partial charge on any atom is -0.475 e. The highest BCUT2D eigenvalue weighted by atomic mass is 16.6. The van der Waals surface area contributed by atoms with Crippen LogP contribution < -0.4 is 15.0 Å². The van der Waals surface area contributed by atoms with Crippen LogP contribution in [0.4, 0.5) is 17.3 Å². The molecule has 9 heteroatoms. The van der Waals surface area contributed by atoms with E-state index in [0.29, 0.717) is 5.69 Å². The van der Waals surface area contributed by atoms with Crippen LogP contribution in [0, 0.1) is 10.1 Å². The Labute approximate surface area is 155 Å². The van der Waals surface area contributed by atoms with Crippen molar-refractivity contribution in [2.45, 2.75) is 26.4 Å². The molecule has 2 heterocycles. The smallest absolute Gasteiger partial charge is 0.366 e. The van der Waals surface area contributed by atoms with Crippen LogP contribution in [-0.4, -0.2) is 34.4 Å². The summed E-state index contributed by atoms with van der Waals surface area (Å²) in [6, 6.07) is 9.91. The standard InChI is InChI=1S/C18H18N4O5/c1-3-12-4-6-13(7-5-12)19-16(23)10-21-17-14(27-11(2)18(21)24)8-9-15(20-17)22(25)26/h4-9,11H,3,10H2,1-2H3,(H,19,23). The van der Waals surface area contributed by atoms with Crippen LogP contribution in [0.25, 0.3) is 0 Å². The van der Waals surface area contributed by atoms with Gasteiger partial charge in [0.2, 0.25) is 5.91 Å². The Hall–Kier alpha value is -3.49. The molecule has 0 fully saturated rings. The van der Waals surface area contributed by atoms with Crippen molar-refractivity contribution in [1.82, 2.24) is 4.98 Å². The average Bonchev–Trinajstić information content (AvgIpc) is 2.65. The van der Waals surface area contributed by atoms with E-state index in [4.69, 9.17) is 4.74 Å². The van der Waals surface area contributed by atoms with Crippen LogP contribution in [0.1, 0.15) is 19.4 Å². The Balaban J connectivity index is 1.82. The number of nitrogens with one attached hydrogen (secondary N) is 1. The number of amides is 2. The Bertz CT molecular complexity index is 897. The Morgan fingerprint density at radius 3 is 2.63 bits per heavy atom. The molecule has 1 aromatic heterocycles. The molecule has 0 spiro atoms. The normalized spacial score (nSPS) is 15.7. The van der Waals surface area contributed by atoms with Crippen LogP contribution in [0.5, 0.6) is 5.75 Å². The summed E-state index contributed by atoms with van der Waals surface area (Å²) in [6.07, 6.45) is 0.0627. The predicted molar refractivity (Wildman–Crippen MR) is 97.8 cm³/mol. The van der Waals surface area contributed by atoms with E-state index in [0.717, 1.165) is 16.9 Å². The van der Waals surface area contributed by atoms with Crippen LogP contribution in [0.15, 0.2) is 36.4 Å². The second-order valence-corrected chi connectivity index (χ2v) is 6.03. The average molecular weight is 370 g/mol. The molecule has 3 rings (SSSR count). The summed E-state index contributed by atoms with van der Waals surface area (Å²) in [5.74, 6) is -1.19. The van der Waals surface area contributed by atoms with Gasteiger partial charge >= 0.3 is 5.82 Å². The molecule has 2 amide bonds. The van der Waals surface area contributed by atoms with Crippen molar-refractivity contribution in [3.63, 3.8) is 0 Å². The summed E-state index contributed by atoms with van der Waals surface area (Å²) in [5.41, 5.74) is 1.73. The first kappa shape index (κ1) is 18.3. The first-order chi connectivity index (χ1) is 12.9. The van der Waals surface area contributed by atoms with E-state index in [1.54, 1.807) is 19.1 Å². The zero-order valence-electron chi connectivity index (χ0n) is 14.8. The maximum atomic E-state index is 12.5. The number of benzene rings is 1. The van der Waals surface area contributed by atoms with Crippen molar-refractivity contribution in [2.75, 3.05) is 16.8 Å². The van der Waals surface area contributed by atoms with E-state index in [1.165, 1.54) is 12.1 Å². The SMILES string of the molecule is CCc1ccc(NC(=O)CN2C(=O)C(C)Oc3ccc([N+](=O)[O-])nc32)cc1. The highest BCUT2D eigenvalue weighted by molar-refractivity contribution is 6.05. The van der Waals surface area contributed by atoms with E-state index in [9.17, 15) is 19.7 Å². The van der Waals surface area contributed by atoms with Gasteiger partial charge in [0.25, 0.3) is 11.7 Å². The van der Waals surface area contributed by atoms with E-state index in [2.05, 4.69) is 10.3 Å². The fourth-order valence-electron chi connectivity index (χ4n) is 2.70. The number of nitrogens with zero attached hydrogens (tertiary/aromatic N) is 3. The number of anilines is 2. The number of fused-ring (bicyclic) bond motifs is 1. The molecule has 1 aliphatic rings. The fraction of sp³-hybridized carbons (Fsp3) is 0.278. The number of hydrogen-bond donors (Lipinski definition) is 1. The highest BCUT2D eigenvalue weighted by Gasteiger charge is 2.37. The maximum absolute atomic E-state index is 12.5. The molecule has 1 atom stereocenters. The summed E-state index contributed by atoms with van der Waals surface area (Å²) >= 11 is 0. The van der Waals surface area contributed by atoms with Crippen molar-refractivity contribution >= 4 is 29.1 Å². The highest BCUT2D eigenvalue weighted by Crippen LogP contribution is 2.33. The summed E-state index contributed by atoms with van der Waals surface area (Å²) in [7, 11) is 0. The Morgan fingerprint density at radius 1 is 1.30 bits per heavy atom. The van der Waals surface area contributed by atoms with Crippen LogP contribution >= 0.6 is 0 Å². The molecular weight excluding hydrogens is 352 g/mol. The van der Waals surface area contributed by atoms with Crippen LogP contribution in [-0.2, 0) is 16.0 Å². The molecule has 2 aromatic rings. The van der Waals surface area contributed by atoms with Gasteiger partial charge in [-0.15, -0.1) is 0 Å². The lowest BCUT2D eigenvalue weighted by molar-refractivity contribution is -0.389. The van der Waals surface area contributed by atoms with Crippen molar-refractivity contribution in [1.29, 1.82) is 0 Å². The van der Waals surface area contributed by atoms with Crippen molar-refractivity contribution < 1.29 is 19.2 Å². The molecular formula is C18H18N4O5. The summed E-state index contributed by atoms with van der Waals surface area (Å²) in [5, 5.41) is 13.7. The number of carbonyl (C=O) groups is 2. The first-order valence-corrected chi connectivity index (χ1v) is 8.41. The molecule has 0 bridgehead atoms. The molecule has 1 unspecified atom stereocenters. The number of aromatic nitrogens is 1. The second-order valence-electron chi connectivity index (χ2n) is 6.03. The van der Waals surface area contributed by atoms with Crippen molar-refractivity contribution in [3.8, 4) is 5.75 Å². The van der Waals surface area contributed by atoms with Crippen molar-refractivity contribution in [2.24, 2.45) is 0 Å². The van der Waals surface area contributed by atoms with Crippen molar-refractivity contribution in [3.05, 3.63) is 52.1 Å². The van der Waals surface area contributed by atoms with E-state index in [-0.39, 0.29) is 18.1 Å². The lowest BCUT2D eigenvalue weighted by Crippen LogP contribution is -2.48. The summed E-state index contributed by atoms with van der Waals surface area (Å²) in [6.45, 7) is 3.24. The number of rotatable bonds is 5. The monoisotopic (exact) mass is 370 g/mol. The molecule has 9 nitrogen and oxygen atoms in total. The van der Waals surface area contributed by atoms with Gasteiger partial charge in [-0.3, -0.25) is 14.5 Å². The van der Waals surface area contributed by atoms with Gasteiger partial charge in [-0.2, -0.15) is 0 Å².